The molecule has 1 aliphatic rings. The van der Waals surface area contributed by atoms with Gasteiger partial charge in [0.15, 0.2) is 0 Å². The number of aromatic nitrogens is 1. The van der Waals surface area contributed by atoms with Crippen LogP contribution in [0.25, 0.3) is 0 Å². The van der Waals surface area contributed by atoms with Crippen LogP contribution in [0.4, 0.5) is 0 Å². The third-order valence-electron chi connectivity index (χ3n) is 3.04. The number of rotatable bonds is 4. The molecule has 1 fully saturated rings. The van der Waals surface area contributed by atoms with E-state index in [1.54, 1.807) is 25.4 Å². The molecule has 5 nitrogen and oxygen atoms in total. The summed E-state index contributed by atoms with van der Waals surface area (Å²) in [6.45, 7) is 1.59. The largest absolute Gasteiger partial charge is 0.378 e. The van der Waals surface area contributed by atoms with Crippen molar-refractivity contribution in [2.24, 2.45) is 0 Å². The number of ether oxygens (including phenoxy) is 2. The first kappa shape index (κ1) is 13.5. The Bertz CT molecular complexity index is 433. The number of hydrogen-bond acceptors (Lipinski definition) is 4. The highest BCUT2D eigenvalue weighted by Crippen LogP contribution is 2.21. The van der Waals surface area contributed by atoms with Crippen LogP contribution < -0.4 is 5.32 Å². The second-order valence-corrected chi connectivity index (χ2v) is 5.06. The predicted molar refractivity (Wildman–Crippen MR) is 69.4 cm³/mol. The van der Waals surface area contributed by atoms with Gasteiger partial charge in [0.25, 0.3) is 5.91 Å². The molecule has 1 aromatic rings. The summed E-state index contributed by atoms with van der Waals surface area (Å²) in [6, 6.07) is 3.55. The molecule has 0 aliphatic carbocycles. The van der Waals surface area contributed by atoms with Crippen LogP contribution in [-0.2, 0) is 9.47 Å². The van der Waals surface area contributed by atoms with Gasteiger partial charge in [0.2, 0.25) is 0 Å². The quantitative estimate of drug-likeness (QED) is 0.912. The molecule has 1 saturated heterocycles. The van der Waals surface area contributed by atoms with E-state index in [0.717, 1.165) is 6.42 Å². The Balaban J connectivity index is 1.98. The Labute approximate surface area is 114 Å². The van der Waals surface area contributed by atoms with Crippen molar-refractivity contribution < 1.29 is 14.3 Å². The van der Waals surface area contributed by atoms with Gasteiger partial charge in [0.05, 0.1) is 6.61 Å². The van der Waals surface area contributed by atoms with Crippen LogP contribution in [0.5, 0.6) is 0 Å². The first-order chi connectivity index (χ1) is 8.67. The third-order valence-corrected chi connectivity index (χ3v) is 3.68. The van der Waals surface area contributed by atoms with Crippen LogP contribution in [0.15, 0.2) is 22.8 Å². The lowest BCUT2D eigenvalue weighted by molar-refractivity contribution is -0.0149. The number of nitrogens with zero attached hydrogens (tertiary/aromatic N) is 1. The minimum Gasteiger partial charge on any atom is -0.378 e. The topological polar surface area (TPSA) is 60.5 Å². The van der Waals surface area contributed by atoms with Gasteiger partial charge in [-0.15, -0.1) is 0 Å². The molecule has 98 valence electrons. The number of carbonyl (C=O) groups is 1. The van der Waals surface area contributed by atoms with Gasteiger partial charge in [0.1, 0.15) is 11.3 Å². The molecule has 6 heteroatoms. The molecule has 0 saturated carbocycles. The molecule has 1 aromatic heterocycles. The number of nitrogens with one attached hydrogen (secondary N) is 1. The van der Waals surface area contributed by atoms with Crippen molar-refractivity contribution in [3.05, 3.63) is 28.5 Å². The van der Waals surface area contributed by atoms with E-state index in [1.165, 1.54) is 0 Å². The molecule has 1 atom stereocenters. The lowest BCUT2D eigenvalue weighted by Crippen LogP contribution is -2.45. The third kappa shape index (κ3) is 2.88. The second-order valence-electron chi connectivity index (χ2n) is 4.21. The summed E-state index contributed by atoms with van der Waals surface area (Å²) >= 11 is 3.30. The maximum Gasteiger partial charge on any atom is 0.271 e. The van der Waals surface area contributed by atoms with Crippen LogP contribution in [0.2, 0.25) is 0 Å². The van der Waals surface area contributed by atoms with E-state index < -0.39 is 5.60 Å². The van der Waals surface area contributed by atoms with E-state index in [-0.39, 0.29) is 5.91 Å². The van der Waals surface area contributed by atoms with Gasteiger partial charge in [-0.2, -0.15) is 0 Å². The minimum atomic E-state index is -0.406. The number of carbonyl (C=O) groups excluding carboxylic acids is 1. The number of halogens is 1. The molecule has 1 amide bonds. The van der Waals surface area contributed by atoms with E-state index in [1.807, 2.05) is 0 Å². The maximum absolute atomic E-state index is 12.0. The van der Waals surface area contributed by atoms with E-state index in [9.17, 15) is 4.79 Å². The first-order valence-corrected chi connectivity index (χ1v) is 6.48. The van der Waals surface area contributed by atoms with Gasteiger partial charge >= 0.3 is 0 Å². The van der Waals surface area contributed by atoms with E-state index in [4.69, 9.17) is 9.47 Å². The van der Waals surface area contributed by atoms with Crippen LogP contribution in [-0.4, -0.2) is 43.4 Å². The smallest absolute Gasteiger partial charge is 0.271 e. The van der Waals surface area contributed by atoms with Crippen molar-refractivity contribution >= 4 is 21.8 Å². The van der Waals surface area contributed by atoms with Crippen molar-refractivity contribution in [1.29, 1.82) is 0 Å². The second kappa shape index (κ2) is 5.77. The SMILES string of the molecule is COC1(CNC(=O)c2ncccc2Br)CCOC1. The monoisotopic (exact) mass is 314 g/mol. The fourth-order valence-electron chi connectivity index (χ4n) is 1.84. The van der Waals surface area contributed by atoms with Crippen LogP contribution >= 0.6 is 15.9 Å². The van der Waals surface area contributed by atoms with E-state index >= 15 is 0 Å². The highest BCUT2D eigenvalue weighted by molar-refractivity contribution is 9.10. The number of amides is 1. The lowest BCUT2D eigenvalue weighted by Gasteiger charge is -2.25. The van der Waals surface area contributed by atoms with Gasteiger partial charge in [-0.25, -0.2) is 4.98 Å². The molecule has 1 N–H and O–H groups in total. The summed E-state index contributed by atoms with van der Waals surface area (Å²) in [4.78, 5) is 16.0. The van der Waals surface area contributed by atoms with Crippen molar-refractivity contribution in [3.8, 4) is 0 Å². The molecule has 0 bridgehead atoms. The standard InChI is InChI=1S/C12H15BrN2O3/c1-17-12(4-6-18-8-12)7-15-11(16)10-9(13)3-2-5-14-10/h2-3,5H,4,6-8H2,1H3,(H,15,16). The average molecular weight is 315 g/mol. The van der Waals surface area contributed by atoms with E-state index in [0.29, 0.717) is 29.9 Å². The fraction of sp³-hybridized carbons (Fsp3) is 0.500. The van der Waals surface area contributed by atoms with E-state index in [2.05, 4.69) is 26.2 Å². The molecular weight excluding hydrogens is 300 g/mol. The molecular formula is C12H15BrN2O3. The Kier molecular flexibility index (Phi) is 4.31. The normalized spacial score (nSPS) is 23.0. The summed E-state index contributed by atoms with van der Waals surface area (Å²) in [5.74, 6) is -0.217. The predicted octanol–water partition coefficient (Wildman–Crippen LogP) is 1.38. The summed E-state index contributed by atoms with van der Waals surface area (Å²) in [5, 5.41) is 2.84. The summed E-state index contributed by atoms with van der Waals surface area (Å²) < 4.78 is 11.4. The Morgan fingerprint density at radius 2 is 2.56 bits per heavy atom. The van der Waals surface area contributed by atoms with Crippen molar-refractivity contribution in [2.45, 2.75) is 12.0 Å². The molecule has 2 rings (SSSR count). The van der Waals surface area contributed by atoms with Gasteiger partial charge in [0, 0.05) is 37.4 Å². The van der Waals surface area contributed by atoms with Gasteiger partial charge in [-0.3, -0.25) is 4.79 Å². The van der Waals surface area contributed by atoms with Gasteiger partial charge in [-0.1, -0.05) is 0 Å². The Morgan fingerprint density at radius 3 is 3.17 bits per heavy atom. The molecule has 0 spiro atoms. The van der Waals surface area contributed by atoms with Crippen LogP contribution in [0, 0.1) is 0 Å². The zero-order valence-corrected chi connectivity index (χ0v) is 11.7. The summed E-state index contributed by atoms with van der Waals surface area (Å²) in [5.41, 5.74) is -0.0284. The molecule has 1 aliphatic heterocycles. The van der Waals surface area contributed by atoms with Gasteiger partial charge < -0.3 is 14.8 Å². The van der Waals surface area contributed by atoms with Crippen molar-refractivity contribution in [3.63, 3.8) is 0 Å². The van der Waals surface area contributed by atoms with Crippen molar-refractivity contribution in [2.75, 3.05) is 26.9 Å². The number of pyridine rings is 1. The highest BCUT2D eigenvalue weighted by Gasteiger charge is 2.35. The molecule has 0 aromatic carbocycles. The van der Waals surface area contributed by atoms with Crippen molar-refractivity contribution in [1.82, 2.24) is 10.3 Å². The number of hydrogen-bond donors (Lipinski definition) is 1. The van der Waals surface area contributed by atoms with Gasteiger partial charge in [-0.05, 0) is 28.1 Å². The first-order valence-electron chi connectivity index (χ1n) is 5.68. The highest BCUT2D eigenvalue weighted by atomic mass is 79.9. The lowest BCUT2D eigenvalue weighted by atomic mass is 10.0. The average Bonchev–Trinajstić information content (AvgIpc) is 2.86. The molecule has 0 radical (unpaired) electrons. The Morgan fingerprint density at radius 1 is 1.72 bits per heavy atom. The fourth-order valence-corrected chi connectivity index (χ4v) is 2.27. The Hall–Kier alpha value is -0.980. The van der Waals surface area contributed by atoms with Crippen LogP contribution in [0.1, 0.15) is 16.9 Å². The molecule has 2 heterocycles. The molecule has 1 unspecified atom stereocenters. The zero-order valence-electron chi connectivity index (χ0n) is 10.1. The maximum atomic E-state index is 12.0. The minimum absolute atomic E-state index is 0.217. The summed E-state index contributed by atoms with van der Waals surface area (Å²) in [6.07, 6.45) is 2.37. The number of methoxy groups -OCH3 is 1. The molecule has 18 heavy (non-hydrogen) atoms. The zero-order chi connectivity index (χ0) is 13.0. The van der Waals surface area contributed by atoms with Crippen LogP contribution in [0.3, 0.4) is 0 Å². The summed E-state index contributed by atoms with van der Waals surface area (Å²) in [7, 11) is 1.64.